The van der Waals surface area contributed by atoms with Crippen molar-refractivity contribution in [1.82, 2.24) is 25.0 Å². The highest BCUT2D eigenvalue weighted by molar-refractivity contribution is 5.90. The van der Waals surface area contributed by atoms with Gasteiger partial charge in [0.15, 0.2) is 0 Å². The van der Waals surface area contributed by atoms with Crippen LogP contribution in [0.1, 0.15) is 46.0 Å². The molecule has 1 aliphatic rings. The molecule has 0 spiro atoms. The van der Waals surface area contributed by atoms with Gasteiger partial charge in [-0.15, -0.1) is 0 Å². The van der Waals surface area contributed by atoms with E-state index in [1.54, 1.807) is 16.5 Å². The maximum atomic E-state index is 12.4. The highest BCUT2D eigenvalue weighted by atomic mass is 16.2. The van der Waals surface area contributed by atoms with Gasteiger partial charge in [0.05, 0.1) is 6.54 Å². The van der Waals surface area contributed by atoms with Gasteiger partial charge in [-0.05, 0) is 27.7 Å². The Kier molecular flexibility index (Phi) is 4.06. The number of nitrogens with zero attached hydrogens (tertiary/aromatic N) is 4. The van der Waals surface area contributed by atoms with Crippen molar-refractivity contribution in [3.63, 3.8) is 0 Å². The second kappa shape index (κ2) is 5.60. The molecule has 0 bridgehead atoms. The van der Waals surface area contributed by atoms with E-state index in [2.05, 4.69) is 15.4 Å². The minimum absolute atomic E-state index is 0.0818. The fourth-order valence-corrected chi connectivity index (χ4v) is 2.41. The van der Waals surface area contributed by atoms with Crippen molar-refractivity contribution in [3.8, 4) is 0 Å². The second-order valence-electron chi connectivity index (χ2n) is 5.52. The van der Waals surface area contributed by atoms with E-state index in [-0.39, 0.29) is 23.9 Å². The average Bonchev–Trinajstić information content (AvgIpc) is 2.79. The molecule has 1 fully saturated rings. The Morgan fingerprint density at radius 3 is 2.75 bits per heavy atom. The maximum absolute atomic E-state index is 12.4. The van der Waals surface area contributed by atoms with E-state index in [1.807, 2.05) is 20.8 Å². The molecule has 0 saturated carbocycles. The zero-order chi connectivity index (χ0) is 14.9. The van der Waals surface area contributed by atoms with Crippen LogP contribution in [-0.2, 0) is 16.1 Å². The monoisotopic (exact) mass is 279 g/mol. The zero-order valence-corrected chi connectivity index (χ0v) is 12.3. The lowest BCUT2D eigenvalue weighted by molar-refractivity contribution is -0.135. The molecule has 20 heavy (non-hydrogen) atoms. The number of amides is 2. The molecule has 1 saturated heterocycles. The van der Waals surface area contributed by atoms with Gasteiger partial charge in [-0.25, -0.2) is 9.67 Å². The third-order valence-electron chi connectivity index (χ3n) is 3.49. The van der Waals surface area contributed by atoms with Crippen molar-refractivity contribution in [2.24, 2.45) is 0 Å². The van der Waals surface area contributed by atoms with Crippen LogP contribution in [0.2, 0.25) is 0 Å². The lowest BCUT2D eigenvalue weighted by atomic mass is 10.2. The summed E-state index contributed by atoms with van der Waals surface area (Å²) >= 11 is 0. The van der Waals surface area contributed by atoms with Crippen molar-refractivity contribution < 1.29 is 9.59 Å². The Morgan fingerprint density at radius 2 is 2.10 bits per heavy atom. The summed E-state index contributed by atoms with van der Waals surface area (Å²) in [7, 11) is 0. The normalized spacial score (nSPS) is 23.9. The summed E-state index contributed by atoms with van der Waals surface area (Å²) < 4.78 is 1.80. The van der Waals surface area contributed by atoms with Gasteiger partial charge >= 0.3 is 0 Å². The molecule has 7 nitrogen and oxygen atoms in total. The van der Waals surface area contributed by atoms with Crippen LogP contribution in [0.4, 0.5) is 0 Å². The summed E-state index contributed by atoms with van der Waals surface area (Å²) in [5.74, 6) is 0.564. The summed E-state index contributed by atoms with van der Waals surface area (Å²) in [4.78, 5) is 29.9. The van der Waals surface area contributed by atoms with E-state index in [1.165, 1.54) is 6.33 Å². The van der Waals surface area contributed by atoms with E-state index in [9.17, 15) is 9.59 Å². The predicted octanol–water partition coefficient (Wildman–Crippen LogP) is 0.484. The van der Waals surface area contributed by atoms with Crippen molar-refractivity contribution in [3.05, 3.63) is 12.2 Å². The van der Waals surface area contributed by atoms with Gasteiger partial charge in [0, 0.05) is 18.5 Å². The molecule has 2 atom stereocenters. The summed E-state index contributed by atoms with van der Waals surface area (Å²) in [6.07, 6.45) is 1.81. The number of hydrogen-bond acceptors (Lipinski definition) is 4. The molecular weight excluding hydrogens is 258 g/mol. The van der Waals surface area contributed by atoms with Crippen LogP contribution in [0.15, 0.2) is 6.33 Å². The molecule has 2 unspecified atom stereocenters. The largest absolute Gasteiger partial charge is 0.345 e. The SMILES string of the molecule is CC1NC(=O)CC(C)N(Cc2ncnn2C(C)C)C1=O. The number of nitrogens with one attached hydrogen (secondary N) is 1. The molecule has 1 N–H and O–H groups in total. The van der Waals surface area contributed by atoms with Gasteiger partial charge in [0.2, 0.25) is 11.8 Å². The van der Waals surface area contributed by atoms with E-state index < -0.39 is 6.04 Å². The third-order valence-corrected chi connectivity index (χ3v) is 3.49. The summed E-state index contributed by atoms with van der Waals surface area (Å²) in [6, 6.07) is -0.463. The smallest absolute Gasteiger partial charge is 0.245 e. The lowest BCUT2D eigenvalue weighted by Crippen LogP contribution is -2.44. The molecular formula is C13H21N5O2. The molecule has 2 rings (SSSR count). The Bertz CT molecular complexity index is 511. The standard InChI is InChI=1S/C13H21N5O2/c1-8(2)18-11(14-7-15-18)6-17-9(3)5-12(19)16-10(4)13(17)20/h7-10H,5-6H2,1-4H3,(H,16,19). The third kappa shape index (κ3) is 2.81. The summed E-state index contributed by atoms with van der Waals surface area (Å²) in [5.41, 5.74) is 0. The molecule has 1 aromatic heterocycles. The minimum atomic E-state index is -0.497. The minimum Gasteiger partial charge on any atom is -0.345 e. The van der Waals surface area contributed by atoms with Crippen LogP contribution < -0.4 is 5.32 Å². The van der Waals surface area contributed by atoms with Crippen LogP contribution in [0.5, 0.6) is 0 Å². The van der Waals surface area contributed by atoms with Crippen molar-refractivity contribution in [1.29, 1.82) is 0 Å². The molecule has 1 aromatic rings. The molecule has 2 amide bonds. The van der Waals surface area contributed by atoms with Crippen LogP contribution in [0, 0.1) is 0 Å². The van der Waals surface area contributed by atoms with Crippen LogP contribution in [0.3, 0.4) is 0 Å². The number of aromatic nitrogens is 3. The number of hydrogen-bond donors (Lipinski definition) is 1. The average molecular weight is 279 g/mol. The van der Waals surface area contributed by atoms with Crippen LogP contribution >= 0.6 is 0 Å². The molecule has 0 aromatic carbocycles. The van der Waals surface area contributed by atoms with Crippen molar-refractivity contribution in [2.45, 2.75) is 58.8 Å². The Hall–Kier alpha value is -1.92. The molecule has 0 aliphatic carbocycles. The maximum Gasteiger partial charge on any atom is 0.245 e. The van der Waals surface area contributed by atoms with Crippen molar-refractivity contribution >= 4 is 11.8 Å². The molecule has 110 valence electrons. The first-order valence-electron chi connectivity index (χ1n) is 6.88. The van der Waals surface area contributed by atoms with E-state index in [4.69, 9.17) is 0 Å². The Labute approximate surface area is 118 Å². The number of carbonyl (C=O) groups excluding carboxylic acids is 2. The first-order valence-corrected chi connectivity index (χ1v) is 6.88. The Morgan fingerprint density at radius 1 is 1.40 bits per heavy atom. The van der Waals surface area contributed by atoms with Gasteiger partial charge in [-0.1, -0.05) is 0 Å². The molecule has 2 heterocycles. The van der Waals surface area contributed by atoms with Gasteiger partial charge in [-0.2, -0.15) is 5.10 Å². The van der Waals surface area contributed by atoms with E-state index in [0.717, 1.165) is 5.82 Å². The van der Waals surface area contributed by atoms with Crippen LogP contribution in [0.25, 0.3) is 0 Å². The zero-order valence-electron chi connectivity index (χ0n) is 12.3. The fraction of sp³-hybridized carbons (Fsp3) is 0.692. The molecule has 0 radical (unpaired) electrons. The first kappa shape index (κ1) is 14.5. The number of carbonyl (C=O) groups is 2. The highest BCUT2D eigenvalue weighted by Gasteiger charge is 2.32. The van der Waals surface area contributed by atoms with Crippen molar-refractivity contribution in [2.75, 3.05) is 0 Å². The molecule has 7 heteroatoms. The quantitative estimate of drug-likeness (QED) is 0.873. The van der Waals surface area contributed by atoms with E-state index in [0.29, 0.717) is 13.0 Å². The predicted molar refractivity (Wildman–Crippen MR) is 72.6 cm³/mol. The first-order chi connectivity index (χ1) is 9.40. The number of rotatable bonds is 3. The Balaban J connectivity index is 2.23. The van der Waals surface area contributed by atoms with Crippen LogP contribution in [-0.4, -0.2) is 43.6 Å². The topological polar surface area (TPSA) is 80.1 Å². The molecule has 1 aliphatic heterocycles. The summed E-state index contributed by atoms with van der Waals surface area (Å²) in [5, 5.41) is 6.87. The second-order valence-corrected chi connectivity index (χ2v) is 5.52. The van der Waals surface area contributed by atoms with Gasteiger partial charge in [0.25, 0.3) is 0 Å². The summed E-state index contributed by atoms with van der Waals surface area (Å²) in [6.45, 7) is 7.99. The fourth-order valence-electron chi connectivity index (χ4n) is 2.41. The van der Waals surface area contributed by atoms with E-state index >= 15 is 0 Å². The van der Waals surface area contributed by atoms with Gasteiger partial charge < -0.3 is 10.2 Å². The van der Waals surface area contributed by atoms with Gasteiger partial charge in [-0.3, -0.25) is 9.59 Å². The lowest BCUT2D eigenvalue weighted by Gasteiger charge is -2.27. The van der Waals surface area contributed by atoms with Gasteiger partial charge in [0.1, 0.15) is 18.2 Å². The highest BCUT2D eigenvalue weighted by Crippen LogP contribution is 2.16.